The minimum Gasteiger partial charge on any atom is -0.310 e. The van der Waals surface area contributed by atoms with Crippen LogP contribution in [0.15, 0.2) is 18.2 Å². The molecule has 1 aromatic rings. The summed E-state index contributed by atoms with van der Waals surface area (Å²) in [7, 11) is 0. The third-order valence-electron chi connectivity index (χ3n) is 2.25. The topological polar surface area (TPSA) is 32.3 Å². The summed E-state index contributed by atoms with van der Waals surface area (Å²) in [5.41, 5.74) is 0.277. The maximum atomic E-state index is 12.9. The van der Waals surface area contributed by atoms with Crippen molar-refractivity contribution >= 4 is 24.0 Å². The molecular weight excluding hydrogens is 238 g/mol. The van der Waals surface area contributed by atoms with Crippen molar-refractivity contribution in [2.24, 2.45) is 0 Å². The Bertz CT molecular complexity index is 380. The molecule has 2 rings (SSSR count). The number of rotatable bonds is 1. The van der Waals surface area contributed by atoms with E-state index in [4.69, 9.17) is 0 Å². The Morgan fingerprint density at radius 2 is 1.81 bits per heavy atom. The molecule has 0 aromatic heterocycles. The molecule has 1 amide bonds. The van der Waals surface area contributed by atoms with Gasteiger partial charge >= 0.3 is 0 Å². The van der Waals surface area contributed by atoms with E-state index < -0.39 is 11.6 Å². The third kappa shape index (κ3) is 2.68. The zero-order valence-corrected chi connectivity index (χ0v) is 9.19. The first-order valence-corrected chi connectivity index (χ1v) is 4.64. The van der Waals surface area contributed by atoms with Gasteiger partial charge in [0.15, 0.2) is 0 Å². The molecule has 16 heavy (non-hydrogen) atoms. The van der Waals surface area contributed by atoms with E-state index in [1.165, 1.54) is 4.90 Å². The fourth-order valence-corrected chi connectivity index (χ4v) is 1.57. The van der Waals surface area contributed by atoms with E-state index in [2.05, 4.69) is 5.32 Å². The number of benzene rings is 1. The summed E-state index contributed by atoms with van der Waals surface area (Å²) in [5, 5.41) is 2.88. The number of hydrogen-bond donors (Lipinski definition) is 1. The predicted molar refractivity (Wildman–Crippen MR) is 58.8 cm³/mol. The van der Waals surface area contributed by atoms with Crippen molar-refractivity contribution in [1.82, 2.24) is 5.32 Å². The molecule has 3 nitrogen and oxygen atoms in total. The van der Waals surface area contributed by atoms with E-state index in [1.807, 2.05) is 0 Å². The number of nitrogens with one attached hydrogen (secondary N) is 1. The first-order valence-electron chi connectivity index (χ1n) is 4.64. The van der Waals surface area contributed by atoms with E-state index in [9.17, 15) is 13.6 Å². The lowest BCUT2D eigenvalue weighted by Crippen LogP contribution is -2.48. The second kappa shape index (κ2) is 5.23. The van der Waals surface area contributed by atoms with E-state index in [0.29, 0.717) is 13.1 Å². The highest BCUT2D eigenvalue weighted by Gasteiger charge is 2.20. The van der Waals surface area contributed by atoms with Crippen molar-refractivity contribution < 1.29 is 13.6 Å². The summed E-state index contributed by atoms with van der Waals surface area (Å²) < 4.78 is 25.8. The molecule has 1 fully saturated rings. The average Bonchev–Trinajstić information content (AvgIpc) is 2.16. The highest BCUT2D eigenvalue weighted by atomic mass is 35.5. The van der Waals surface area contributed by atoms with Gasteiger partial charge in [0.2, 0.25) is 5.91 Å². The SMILES string of the molecule is Cl.O=C1CNCCN1c1cc(F)cc(F)c1. The smallest absolute Gasteiger partial charge is 0.240 e. The van der Waals surface area contributed by atoms with Crippen molar-refractivity contribution in [3.8, 4) is 0 Å². The highest BCUT2D eigenvalue weighted by molar-refractivity contribution is 5.95. The molecule has 1 heterocycles. The van der Waals surface area contributed by atoms with Crippen LogP contribution in [-0.4, -0.2) is 25.5 Å². The molecule has 0 unspecified atom stereocenters. The van der Waals surface area contributed by atoms with E-state index in [0.717, 1.165) is 18.2 Å². The van der Waals surface area contributed by atoms with Crippen molar-refractivity contribution in [2.75, 3.05) is 24.5 Å². The Morgan fingerprint density at radius 1 is 1.19 bits per heavy atom. The van der Waals surface area contributed by atoms with Crippen LogP contribution in [0.4, 0.5) is 14.5 Å². The molecule has 6 heteroatoms. The molecule has 0 bridgehead atoms. The van der Waals surface area contributed by atoms with Crippen LogP contribution in [0, 0.1) is 11.6 Å². The quantitative estimate of drug-likeness (QED) is 0.813. The molecule has 0 radical (unpaired) electrons. The van der Waals surface area contributed by atoms with Crippen LogP contribution in [0.2, 0.25) is 0 Å². The minimum atomic E-state index is -0.670. The summed E-state index contributed by atoms with van der Waals surface area (Å²) >= 11 is 0. The molecule has 1 aliphatic rings. The van der Waals surface area contributed by atoms with Gasteiger partial charge in [-0.05, 0) is 12.1 Å². The number of anilines is 1. The fraction of sp³-hybridized carbons (Fsp3) is 0.300. The first kappa shape index (κ1) is 12.9. The van der Waals surface area contributed by atoms with Crippen LogP contribution in [0.5, 0.6) is 0 Å². The number of piperazine rings is 1. The normalized spacial score (nSPS) is 15.9. The fourth-order valence-electron chi connectivity index (χ4n) is 1.57. The molecule has 0 aliphatic carbocycles. The van der Waals surface area contributed by atoms with Crippen LogP contribution in [0.25, 0.3) is 0 Å². The van der Waals surface area contributed by atoms with Gasteiger partial charge in [-0.3, -0.25) is 4.79 Å². The van der Waals surface area contributed by atoms with Crippen molar-refractivity contribution in [3.05, 3.63) is 29.8 Å². The zero-order chi connectivity index (χ0) is 10.8. The maximum Gasteiger partial charge on any atom is 0.240 e. The zero-order valence-electron chi connectivity index (χ0n) is 8.37. The monoisotopic (exact) mass is 248 g/mol. The van der Waals surface area contributed by atoms with Crippen LogP contribution >= 0.6 is 12.4 Å². The minimum absolute atomic E-state index is 0. The third-order valence-corrected chi connectivity index (χ3v) is 2.25. The Balaban J connectivity index is 0.00000128. The van der Waals surface area contributed by atoms with Gasteiger partial charge in [-0.2, -0.15) is 0 Å². The second-order valence-corrected chi connectivity index (χ2v) is 3.35. The van der Waals surface area contributed by atoms with Crippen molar-refractivity contribution in [3.63, 3.8) is 0 Å². The molecule has 0 saturated carbocycles. The first-order chi connectivity index (χ1) is 7.16. The molecule has 88 valence electrons. The van der Waals surface area contributed by atoms with Gasteiger partial charge in [-0.15, -0.1) is 12.4 Å². The standard InChI is InChI=1S/C10H10F2N2O.ClH/c11-7-3-8(12)5-9(4-7)14-2-1-13-6-10(14)15;/h3-5,13H,1-2,6H2;1H. The lowest BCUT2D eigenvalue weighted by Gasteiger charge is -2.27. The summed E-state index contributed by atoms with van der Waals surface area (Å²) in [4.78, 5) is 12.8. The van der Waals surface area contributed by atoms with Gasteiger partial charge in [-0.1, -0.05) is 0 Å². The Kier molecular flexibility index (Phi) is 4.20. The lowest BCUT2D eigenvalue weighted by molar-refractivity contribution is -0.118. The van der Waals surface area contributed by atoms with E-state index in [1.54, 1.807) is 0 Å². The van der Waals surface area contributed by atoms with Gasteiger partial charge in [0.1, 0.15) is 11.6 Å². The number of carbonyl (C=O) groups is 1. The number of hydrogen-bond acceptors (Lipinski definition) is 2. The van der Waals surface area contributed by atoms with Crippen molar-refractivity contribution in [1.29, 1.82) is 0 Å². The lowest BCUT2D eigenvalue weighted by atomic mass is 10.2. The highest BCUT2D eigenvalue weighted by Crippen LogP contribution is 2.18. The van der Waals surface area contributed by atoms with Crippen LogP contribution in [0.3, 0.4) is 0 Å². The second-order valence-electron chi connectivity index (χ2n) is 3.35. The molecule has 1 N–H and O–H groups in total. The Hall–Kier alpha value is -1.20. The molecule has 1 saturated heterocycles. The number of carbonyl (C=O) groups excluding carboxylic acids is 1. The van der Waals surface area contributed by atoms with Gasteiger partial charge in [0.05, 0.1) is 6.54 Å². The van der Waals surface area contributed by atoms with Crippen LogP contribution in [0.1, 0.15) is 0 Å². The molecule has 0 spiro atoms. The van der Waals surface area contributed by atoms with E-state index >= 15 is 0 Å². The van der Waals surface area contributed by atoms with Crippen LogP contribution in [-0.2, 0) is 4.79 Å². The van der Waals surface area contributed by atoms with Gasteiger partial charge < -0.3 is 10.2 Å². The molecule has 1 aliphatic heterocycles. The summed E-state index contributed by atoms with van der Waals surface area (Å²) in [5.74, 6) is -1.51. The predicted octanol–water partition coefficient (Wildman–Crippen LogP) is 1.32. The van der Waals surface area contributed by atoms with Gasteiger partial charge in [0, 0.05) is 24.8 Å². The average molecular weight is 249 g/mol. The van der Waals surface area contributed by atoms with Crippen LogP contribution < -0.4 is 10.2 Å². The van der Waals surface area contributed by atoms with Gasteiger partial charge in [0.25, 0.3) is 0 Å². The van der Waals surface area contributed by atoms with Gasteiger partial charge in [-0.25, -0.2) is 8.78 Å². The summed E-state index contributed by atoms with van der Waals surface area (Å²) in [6.45, 7) is 1.27. The Morgan fingerprint density at radius 3 is 2.38 bits per heavy atom. The molecule has 0 atom stereocenters. The number of nitrogens with zero attached hydrogens (tertiary/aromatic N) is 1. The summed E-state index contributed by atoms with van der Waals surface area (Å²) in [6.07, 6.45) is 0. The molecule has 1 aromatic carbocycles. The maximum absolute atomic E-state index is 12.9. The number of halogens is 3. The Labute approximate surface area is 97.8 Å². The molecular formula is C10H11ClF2N2O. The number of amides is 1. The largest absolute Gasteiger partial charge is 0.310 e. The van der Waals surface area contributed by atoms with Crippen molar-refractivity contribution in [2.45, 2.75) is 0 Å². The van der Waals surface area contributed by atoms with E-state index in [-0.39, 0.29) is 30.5 Å². The summed E-state index contributed by atoms with van der Waals surface area (Å²) in [6, 6.07) is 3.11.